The summed E-state index contributed by atoms with van der Waals surface area (Å²) in [4.78, 5) is 15.1. The molecule has 0 aliphatic rings. The summed E-state index contributed by atoms with van der Waals surface area (Å²) in [6.45, 7) is 5.42. The average Bonchev–Trinajstić information content (AvgIpc) is 1.98. The summed E-state index contributed by atoms with van der Waals surface area (Å²) < 4.78 is 0. The van der Waals surface area contributed by atoms with E-state index in [1.54, 1.807) is 6.92 Å². The van der Waals surface area contributed by atoms with Crippen molar-refractivity contribution in [3.63, 3.8) is 0 Å². The van der Waals surface area contributed by atoms with Crippen molar-refractivity contribution in [1.82, 2.24) is 5.06 Å². The van der Waals surface area contributed by atoms with Crippen LogP contribution in [0.4, 0.5) is 0 Å². The van der Waals surface area contributed by atoms with Crippen molar-refractivity contribution in [3.05, 3.63) is 12.8 Å². The first-order valence-corrected chi connectivity index (χ1v) is 3.15. The molecule has 0 saturated heterocycles. The SMILES string of the molecule is C=CN(OCC)[C@@H](N)C(=O)O. The van der Waals surface area contributed by atoms with Crippen LogP contribution in [0, 0.1) is 0 Å². The first-order chi connectivity index (χ1) is 5.13. The molecule has 0 heterocycles. The van der Waals surface area contributed by atoms with Gasteiger partial charge in [-0.1, -0.05) is 6.58 Å². The molecule has 11 heavy (non-hydrogen) atoms. The smallest absolute Gasteiger partial charge is 0.343 e. The molecule has 0 amide bonds. The molecule has 5 heteroatoms. The van der Waals surface area contributed by atoms with Gasteiger partial charge in [-0.05, 0) is 6.92 Å². The lowest BCUT2D eigenvalue weighted by molar-refractivity contribution is -0.173. The number of hydrogen-bond donors (Lipinski definition) is 2. The Balaban J connectivity index is 4.01. The third-order valence-corrected chi connectivity index (χ3v) is 0.985. The van der Waals surface area contributed by atoms with Gasteiger partial charge in [0.25, 0.3) is 0 Å². The molecule has 0 aromatic heterocycles. The molecule has 0 spiro atoms. The highest BCUT2D eigenvalue weighted by atomic mass is 16.7. The number of nitrogens with zero attached hydrogens (tertiary/aromatic N) is 1. The summed E-state index contributed by atoms with van der Waals surface area (Å²) >= 11 is 0. The highest BCUT2D eigenvalue weighted by Crippen LogP contribution is 1.94. The van der Waals surface area contributed by atoms with Crippen molar-refractivity contribution in [1.29, 1.82) is 0 Å². The Morgan fingerprint density at radius 2 is 2.55 bits per heavy atom. The van der Waals surface area contributed by atoms with Gasteiger partial charge in [0.1, 0.15) is 0 Å². The summed E-state index contributed by atoms with van der Waals surface area (Å²) in [7, 11) is 0. The van der Waals surface area contributed by atoms with E-state index in [2.05, 4.69) is 6.58 Å². The maximum absolute atomic E-state index is 10.3. The molecule has 0 aromatic carbocycles. The van der Waals surface area contributed by atoms with Gasteiger partial charge in [0, 0.05) is 6.20 Å². The molecule has 0 unspecified atom stereocenters. The Labute approximate surface area is 65.0 Å². The van der Waals surface area contributed by atoms with Crippen molar-refractivity contribution < 1.29 is 14.7 Å². The molecule has 0 radical (unpaired) electrons. The molecule has 1 atom stereocenters. The van der Waals surface area contributed by atoms with E-state index in [-0.39, 0.29) is 0 Å². The van der Waals surface area contributed by atoms with Gasteiger partial charge >= 0.3 is 5.97 Å². The van der Waals surface area contributed by atoms with Crippen LogP contribution in [0.2, 0.25) is 0 Å². The topological polar surface area (TPSA) is 75.8 Å². The van der Waals surface area contributed by atoms with E-state index in [1.165, 1.54) is 6.20 Å². The van der Waals surface area contributed by atoms with E-state index in [4.69, 9.17) is 15.7 Å². The average molecular weight is 160 g/mol. The largest absolute Gasteiger partial charge is 0.479 e. The van der Waals surface area contributed by atoms with Crippen LogP contribution in [-0.4, -0.2) is 28.9 Å². The minimum absolute atomic E-state index is 0.354. The fourth-order valence-electron chi connectivity index (χ4n) is 0.504. The van der Waals surface area contributed by atoms with Crippen LogP contribution in [0.25, 0.3) is 0 Å². The summed E-state index contributed by atoms with van der Waals surface area (Å²) in [5.74, 6) is -1.15. The Morgan fingerprint density at radius 3 is 2.82 bits per heavy atom. The third-order valence-electron chi connectivity index (χ3n) is 0.985. The predicted molar refractivity (Wildman–Crippen MR) is 39.3 cm³/mol. The van der Waals surface area contributed by atoms with Gasteiger partial charge < -0.3 is 5.11 Å². The Bertz CT molecular complexity index is 149. The minimum Gasteiger partial charge on any atom is -0.479 e. The molecule has 0 aromatic rings. The number of rotatable bonds is 5. The summed E-state index contributed by atoms with van der Waals surface area (Å²) in [6.07, 6.45) is 0.0369. The van der Waals surface area contributed by atoms with Gasteiger partial charge in [0.2, 0.25) is 6.17 Å². The lowest BCUT2D eigenvalue weighted by atomic mass is 10.5. The van der Waals surface area contributed by atoms with E-state index >= 15 is 0 Å². The molecule has 0 saturated carbocycles. The van der Waals surface area contributed by atoms with Crippen molar-refractivity contribution in [2.75, 3.05) is 6.61 Å². The second-order valence-corrected chi connectivity index (χ2v) is 1.74. The fraction of sp³-hybridized carbons (Fsp3) is 0.500. The number of aliphatic carboxylic acids is 1. The van der Waals surface area contributed by atoms with Crippen LogP contribution in [0.5, 0.6) is 0 Å². The van der Waals surface area contributed by atoms with Crippen molar-refractivity contribution >= 4 is 5.97 Å². The molecule has 0 rings (SSSR count). The maximum Gasteiger partial charge on any atom is 0.343 e. The van der Waals surface area contributed by atoms with E-state index < -0.39 is 12.1 Å². The van der Waals surface area contributed by atoms with Crippen LogP contribution >= 0.6 is 0 Å². The van der Waals surface area contributed by atoms with Crippen LogP contribution in [0.1, 0.15) is 6.92 Å². The van der Waals surface area contributed by atoms with E-state index in [0.717, 1.165) is 5.06 Å². The number of carbonyl (C=O) groups is 1. The summed E-state index contributed by atoms with van der Waals surface area (Å²) in [5.41, 5.74) is 5.19. The Morgan fingerprint density at radius 1 is 2.00 bits per heavy atom. The predicted octanol–water partition coefficient (Wildman–Crippen LogP) is -0.247. The first kappa shape index (κ1) is 9.93. The monoisotopic (exact) mass is 160 g/mol. The second-order valence-electron chi connectivity index (χ2n) is 1.74. The standard InChI is InChI=1S/C6H12N2O3/c1-3-8(11-4-2)5(7)6(9)10/h3,5H,1,4,7H2,2H3,(H,9,10)/t5-/m1/s1. The van der Waals surface area contributed by atoms with Gasteiger partial charge in [-0.15, -0.1) is 0 Å². The van der Waals surface area contributed by atoms with Crippen molar-refractivity contribution in [3.8, 4) is 0 Å². The van der Waals surface area contributed by atoms with E-state index in [0.29, 0.717) is 6.61 Å². The molecule has 0 bridgehead atoms. The number of hydroxylamine groups is 2. The molecule has 0 aliphatic heterocycles. The lowest BCUT2D eigenvalue weighted by Gasteiger charge is -2.21. The number of hydrogen-bond acceptors (Lipinski definition) is 4. The number of carboxylic acid groups (broad SMARTS) is 1. The van der Waals surface area contributed by atoms with Gasteiger partial charge in [-0.3, -0.25) is 10.6 Å². The van der Waals surface area contributed by atoms with Crippen LogP contribution in [-0.2, 0) is 9.63 Å². The quantitative estimate of drug-likeness (QED) is 0.428. The molecule has 0 aliphatic carbocycles. The van der Waals surface area contributed by atoms with Crippen molar-refractivity contribution in [2.45, 2.75) is 13.1 Å². The summed E-state index contributed by atoms with van der Waals surface area (Å²) in [5, 5.41) is 9.40. The zero-order chi connectivity index (χ0) is 8.85. The van der Waals surface area contributed by atoms with Crippen molar-refractivity contribution in [2.24, 2.45) is 5.73 Å². The van der Waals surface area contributed by atoms with Gasteiger partial charge in [-0.2, -0.15) is 0 Å². The Kier molecular flexibility index (Phi) is 4.24. The van der Waals surface area contributed by atoms with Crippen LogP contribution in [0.15, 0.2) is 12.8 Å². The van der Waals surface area contributed by atoms with Gasteiger partial charge in [-0.25, -0.2) is 9.86 Å². The zero-order valence-corrected chi connectivity index (χ0v) is 6.36. The second kappa shape index (κ2) is 4.70. The zero-order valence-electron chi connectivity index (χ0n) is 6.36. The molecular weight excluding hydrogens is 148 g/mol. The molecular formula is C6H12N2O3. The fourth-order valence-corrected chi connectivity index (χ4v) is 0.504. The molecule has 0 fully saturated rings. The van der Waals surface area contributed by atoms with Crippen LogP contribution < -0.4 is 5.73 Å². The van der Waals surface area contributed by atoms with E-state index in [9.17, 15) is 4.79 Å². The molecule has 5 nitrogen and oxygen atoms in total. The van der Waals surface area contributed by atoms with Gasteiger partial charge in [0.05, 0.1) is 6.61 Å². The normalized spacial score (nSPS) is 12.2. The van der Waals surface area contributed by atoms with Gasteiger partial charge in [0.15, 0.2) is 0 Å². The molecule has 3 N–H and O–H groups in total. The minimum atomic E-state index is -1.19. The summed E-state index contributed by atoms with van der Waals surface area (Å²) in [6, 6.07) is 0. The maximum atomic E-state index is 10.3. The third kappa shape index (κ3) is 3.01. The molecule has 64 valence electrons. The first-order valence-electron chi connectivity index (χ1n) is 3.15. The number of nitrogens with two attached hydrogens (primary N) is 1. The Hall–Kier alpha value is -1.07. The highest BCUT2D eigenvalue weighted by Gasteiger charge is 2.17. The van der Waals surface area contributed by atoms with E-state index in [1.807, 2.05) is 0 Å². The lowest BCUT2D eigenvalue weighted by Crippen LogP contribution is -2.44. The number of carboxylic acids is 1. The highest BCUT2D eigenvalue weighted by molar-refractivity contribution is 5.72. The van der Waals surface area contributed by atoms with Crippen LogP contribution in [0.3, 0.4) is 0 Å².